The predicted octanol–water partition coefficient (Wildman–Crippen LogP) is 3.17. The number of rotatable bonds is 1. The van der Waals surface area contributed by atoms with Crippen LogP contribution in [0, 0.1) is 6.92 Å². The van der Waals surface area contributed by atoms with E-state index in [1.165, 1.54) is 11.3 Å². The van der Waals surface area contributed by atoms with Crippen molar-refractivity contribution >= 4 is 22.9 Å². The van der Waals surface area contributed by atoms with Gasteiger partial charge < -0.3 is 0 Å². The highest BCUT2D eigenvalue weighted by Crippen LogP contribution is 2.30. The second kappa shape index (κ2) is 3.44. The summed E-state index contributed by atoms with van der Waals surface area (Å²) in [6, 6.07) is 3.85. The lowest BCUT2D eigenvalue weighted by molar-refractivity contribution is 1.26. The molecule has 0 saturated carbocycles. The lowest BCUT2D eigenvalue weighted by atomic mass is 10.3. The third-order valence-corrected chi connectivity index (χ3v) is 3.17. The minimum Gasteiger partial charge on any atom is -0.265 e. The summed E-state index contributed by atoms with van der Waals surface area (Å²) in [5, 5.41) is 0.949. The smallest absolute Gasteiger partial charge is 0.125 e. The van der Waals surface area contributed by atoms with Crippen molar-refractivity contribution in [3.8, 4) is 10.6 Å². The molecule has 13 heavy (non-hydrogen) atoms. The highest BCUT2D eigenvalue weighted by Gasteiger charge is 2.06. The minimum absolute atomic E-state index is 0.756. The van der Waals surface area contributed by atoms with Crippen LogP contribution in [0.4, 0.5) is 0 Å². The van der Waals surface area contributed by atoms with Crippen LogP contribution in [0.15, 0.2) is 24.5 Å². The average molecular weight is 211 g/mol. The van der Waals surface area contributed by atoms with Gasteiger partial charge in [-0.2, -0.15) is 0 Å². The Morgan fingerprint density at radius 3 is 2.54 bits per heavy atom. The molecule has 0 atom stereocenters. The molecule has 0 saturated heterocycles. The van der Waals surface area contributed by atoms with Gasteiger partial charge >= 0.3 is 0 Å². The van der Waals surface area contributed by atoms with Gasteiger partial charge in [-0.25, -0.2) is 4.98 Å². The van der Waals surface area contributed by atoms with Gasteiger partial charge in [0.2, 0.25) is 0 Å². The molecule has 2 nitrogen and oxygen atoms in total. The molecule has 66 valence electrons. The average Bonchev–Trinajstić information content (AvgIpc) is 2.49. The standard InChI is InChI=1S/C9H7ClN2S/c1-6-8(10)13-9(12-6)7-2-4-11-5-3-7/h2-5H,1H3. The molecule has 0 bridgehead atoms. The molecule has 2 aromatic rings. The summed E-state index contributed by atoms with van der Waals surface area (Å²) in [6.07, 6.45) is 3.50. The van der Waals surface area contributed by atoms with E-state index < -0.39 is 0 Å². The molecule has 0 aromatic carbocycles. The van der Waals surface area contributed by atoms with Gasteiger partial charge in [0.05, 0.1) is 5.69 Å². The minimum atomic E-state index is 0.756. The fourth-order valence-electron chi connectivity index (χ4n) is 0.996. The van der Waals surface area contributed by atoms with Crippen molar-refractivity contribution in [3.05, 3.63) is 34.6 Å². The fourth-order valence-corrected chi connectivity index (χ4v) is 2.06. The molecule has 0 N–H and O–H groups in total. The zero-order chi connectivity index (χ0) is 9.26. The number of pyridine rings is 1. The first-order valence-corrected chi connectivity index (χ1v) is 5.00. The zero-order valence-electron chi connectivity index (χ0n) is 6.99. The van der Waals surface area contributed by atoms with Crippen LogP contribution in [0.3, 0.4) is 0 Å². The van der Waals surface area contributed by atoms with Crippen molar-refractivity contribution < 1.29 is 0 Å². The molecule has 2 rings (SSSR count). The summed E-state index contributed by atoms with van der Waals surface area (Å²) in [4.78, 5) is 8.28. The highest BCUT2D eigenvalue weighted by atomic mass is 35.5. The lowest BCUT2D eigenvalue weighted by Crippen LogP contribution is -1.76. The van der Waals surface area contributed by atoms with Crippen LogP contribution in [0.1, 0.15) is 5.69 Å². The summed E-state index contributed by atoms with van der Waals surface area (Å²) in [7, 11) is 0. The number of thiazole rings is 1. The molecule has 2 aromatic heterocycles. The summed E-state index contributed by atoms with van der Waals surface area (Å²) in [5.41, 5.74) is 1.95. The topological polar surface area (TPSA) is 25.8 Å². The molecule has 0 amide bonds. The third kappa shape index (κ3) is 1.71. The van der Waals surface area contributed by atoms with Gasteiger partial charge in [0, 0.05) is 18.0 Å². The maximum absolute atomic E-state index is 5.92. The van der Waals surface area contributed by atoms with Crippen LogP contribution < -0.4 is 0 Å². The SMILES string of the molecule is Cc1nc(-c2ccncc2)sc1Cl. The van der Waals surface area contributed by atoms with Crippen molar-refractivity contribution in [1.82, 2.24) is 9.97 Å². The Hall–Kier alpha value is -0.930. The van der Waals surface area contributed by atoms with Crippen molar-refractivity contribution in [2.24, 2.45) is 0 Å². The van der Waals surface area contributed by atoms with Crippen LogP contribution in [-0.2, 0) is 0 Å². The number of hydrogen-bond acceptors (Lipinski definition) is 3. The van der Waals surface area contributed by atoms with E-state index in [9.17, 15) is 0 Å². The van der Waals surface area contributed by atoms with Gasteiger partial charge in [-0.15, -0.1) is 11.3 Å². The van der Waals surface area contributed by atoms with E-state index in [1.54, 1.807) is 12.4 Å². The quantitative estimate of drug-likeness (QED) is 0.723. The fraction of sp³-hybridized carbons (Fsp3) is 0.111. The van der Waals surface area contributed by atoms with Crippen LogP contribution in [-0.4, -0.2) is 9.97 Å². The number of nitrogens with zero attached hydrogens (tertiary/aromatic N) is 2. The Morgan fingerprint density at radius 1 is 1.31 bits per heavy atom. The molecule has 4 heteroatoms. The van der Waals surface area contributed by atoms with Gasteiger partial charge in [-0.3, -0.25) is 4.98 Å². The Morgan fingerprint density at radius 2 is 2.00 bits per heavy atom. The maximum Gasteiger partial charge on any atom is 0.125 e. The van der Waals surface area contributed by atoms with Crippen LogP contribution in [0.2, 0.25) is 4.34 Å². The van der Waals surface area contributed by atoms with Crippen LogP contribution in [0.5, 0.6) is 0 Å². The maximum atomic E-state index is 5.92. The first kappa shape index (κ1) is 8.66. The second-order valence-electron chi connectivity index (χ2n) is 2.61. The van der Waals surface area contributed by atoms with Gasteiger partial charge in [-0.1, -0.05) is 11.6 Å². The summed E-state index contributed by atoms with van der Waals surface area (Å²) in [6.45, 7) is 1.91. The van der Waals surface area contributed by atoms with Gasteiger partial charge in [0.15, 0.2) is 0 Å². The molecular formula is C9H7ClN2S. The van der Waals surface area contributed by atoms with E-state index in [1.807, 2.05) is 19.1 Å². The first-order chi connectivity index (χ1) is 6.27. The molecule has 2 heterocycles. The van der Waals surface area contributed by atoms with Crippen LogP contribution >= 0.6 is 22.9 Å². The van der Waals surface area contributed by atoms with Crippen molar-refractivity contribution in [1.29, 1.82) is 0 Å². The molecule has 0 spiro atoms. The van der Waals surface area contributed by atoms with Crippen molar-refractivity contribution in [2.75, 3.05) is 0 Å². The van der Waals surface area contributed by atoms with E-state index in [0.29, 0.717) is 0 Å². The largest absolute Gasteiger partial charge is 0.265 e. The van der Waals surface area contributed by atoms with Gasteiger partial charge in [0.1, 0.15) is 9.34 Å². The van der Waals surface area contributed by atoms with Gasteiger partial charge in [-0.05, 0) is 19.1 Å². The number of aromatic nitrogens is 2. The Kier molecular flexibility index (Phi) is 2.29. The van der Waals surface area contributed by atoms with E-state index in [4.69, 9.17) is 11.6 Å². The van der Waals surface area contributed by atoms with Gasteiger partial charge in [0.25, 0.3) is 0 Å². The Balaban J connectivity index is 2.48. The Bertz CT molecular complexity index is 391. The van der Waals surface area contributed by atoms with Crippen molar-refractivity contribution in [3.63, 3.8) is 0 Å². The lowest BCUT2D eigenvalue weighted by Gasteiger charge is -1.91. The Labute approximate surface area is 85.2 Å². The first-order valence-electron chi connectivity index (χ1n) is 3.80. The number of aryl methyl sites for hydroxylation is 1. The molecule has 0 aliphatic heterocycles. The number of hydrogen-bond donors (Lipinski definition) is 0. The summed E-state index contributed by atoms with van der Waals surface area (Å²) < 4.78 is 0.756. The van der Waals surface area contributed by atoms with E-state index in [2.05, 4.69) is 9.97 Å². The van der Waals surface area contributed by atoms with E-state index in [0.717, 1.165) is 20.6 Å². The molecule has 0 unspecified atom stereocenters. The van der Waals surface area contributed by atoms with E-state index in [-0.39, 0.29) is 0 Å². The monoisotopic (exact) mass is 210 g/mol. The van der Waals surface area contributed by atoms with Crippen molar-refractivity contribution in [2.45, 2.75) is 6.92 Å². The molecular weight excluding hydrogens is 204 g/mol. The summed E-state index contributed by atoms with van der Waals surface area (Å²) in [5.74, 6) is 0. The molecule has 0 fully saturated rings. The van der Waals surface area contributed by atoms with E-state index >= 15 is 0 Å². The number of halogens is 1. The highest BCUT2D eigenvalue weighted by molar-refractivity contribution is 7.19. The zero-order valence-corrected chi connectivity index (χ0v) is 8.56. The normalized spacial score (nSPS) is 10.3. The third-order valence-electron chi connectivity index (χ3n) is 1.67. The molecule has 0 radical (unpaired) electrons. The van der Waals surface area contributed by atoms with Crippen LogP contribution in [0.25, 0.3) is 10.6 Å². The predicted molar refractivity (Wildman–Crippen MR) is 55.1 cm³/mol. The molecule has 0 aliphatic rings. The molecule has 0 aliphatic carbocycles. The summed E-state index contributed by atoms with van der Waals surface area (Å²) >= 11 is 7.41. The second-order valence-corrected chi connectivity index (χ2v) is 4.22.